The van der Waals surface area contributed by atoms with Crippen LogP contribution in [0.15, 0.2) is 41.2 Å². The molecule has 2 amide bonds. The third kappa shape index (κ3) is 3.40. The largest absolute Gasteiger partial charge is 0.350 e. The van der Waals surface area contributed by atoms with E-state index in [1.165, 1.54) is 6.07 Å². The predicted molar refractivity (Wildman–Crippen MR) is 87.9 cm³/mol. The molecule has 1 saturated heterocycles. The van der Waals surface area contributed by atoms with E-state index < -0.39 is 0 Å². The normalized spacial score (nSPS) is 18.6. The molecular formula is C17H20N4O3. The number of carbonyl (C=O) groups is 2. The van der Waals surface area contributed by atoms with Gasteiger partial charge in [-0.15, -0.1) is 0 Å². The van der Waals surface area contributed by atoms with Crippen LogP contribution in [0.5, 0.6) is 0 Å². The van der Waals surface area contributed by atoms with Crippen LogP contribution in [-0.2, 0) is 16.1 Å². The molecule has 2 atom stereocenters. The number of aromatic amines is 2. The number of rotatable bonds is 5. The highest BCUT2D eigenvalue weighted by Gasteiger charge is 2.36. The fourth-order valence-corrected chi connectivity index (χ4v) is 2.99. The number of hydrogen-bond donors (Lipinski definition) is 3. The van der Waals surface area contributed by atoms with E-state index in [9.17, 15) is 14.4 Å². The second kappa shape index (κ2) is 6.74. The lowest BCUT2D eigenvalue weighted by atomic mass is 10.1. The summed E-state index contributed by atoms with van der Waals surface area (Å²) in [7, 11) is 0. The summed E-state index contributed by atoms with van der Waals surface area (Å²) in [6.45, 7) is 2.61. The maximum absolute atomic E-state index is 12.3. The van der Waals surface area contributed by atoms with Gasteiger partial charge in [-0.05, 0) is 12.5 Å². The Balaban J connectivity index is 1.59. The smallest absolute Gasteiger partial charge is 0.264 e. The fourth-order valence-electron chi connectivity index (χ4n) is 2.99. The van der Waals surface area contributed by atoms with Gasteiger partial charge in [0.05, 0.1) is 24.2 Å². The average Bonchev–Trinajstić information content (AvgIpc) is 3.18. The van der Waals surface area contributed by atoms with Crippen molar-refractivity contribution in [2.75, 3.05) is 6.54 Å². The van der Waals surface area contributed by atoms with Crippen molar-refractivity contribution < 1.29 is 9.59 Å². The molecular weight excluding hydrogens is 308 g/mol. The molecule has 1 aromatic heterocycles. The van der Waals surface area contributed by atoms with Crippen molar-refractivity contribution >= 4 is 11.8 Å². The molecule has 1 aliphatic rings. The maximum atomic E-state index is 12.3. The lowest BCUT2D eigenvalue weighted by Gasteiger charge is -2.25. The van der Waals surface area contributed by atoms with Crippen molar-refractivity contribution in [1.82, 2.24) is 20.4 Å². The van der Waals surface area contributed by atoms with Crippen molar-refractivity contribution in [2.24, 2.45) is 5.92 Å². The van der Waals surface area contributed by atoms with Crippen LogP contribution in [-0.4, -0.2) is 33.5 Å². The molecule has 1 fully saturated rings. The zero-order chi connectivity index (χ0) is 17.1. The number of H-pyrrole nitrogens is 2. The Hall–Kier alpha value is -2.83. The first-order chi connectivity index (χ1) is 11.5. The number of nitrogens with one attached hydrogen (secondary N) is 3. The Kier molecular flexibility index (Phi) is 4.50. The molecule has 0 saturated carbocycles. The van der Waals surface area contributed by atoms with E-state index in [2.05, 4.69) is 15.5 Å². The zero-order valence-corrected chi connectivity index (χ0v) is 13.4. The molecule has 7 nitrogen and oxygen atoms in total. The number of nitrogens with zero attached hydrogens (tertiary/aromatic N) is 1. The Labute approximate surface area is 139 Å². The predicted octanol–water partition coefficient (Wildman–Crippen LogP) is 0.929. The molecule has 0 bridgehead atoms. The highest BCUT2D eigenvalue weighted by atomic mass is 16.2. The van der Waals surface area contributed by atoms with Crippen molar-refractivity contribution in [3.8, 4) is 0 Å². The van der Waals surface area contributed by atoms with Gasteiger partial charge in [0.15, 0.2) is 0 Å². The molecule has 2 aromatic rings. The first-order valence-electron chi connectivity index (χ1n) is 7.93. The summed E-state index contributed by atoms with van der Waals surface area (Å²) in [6, 6.07) is 11.1. The first-order valence-corrected chi connectivity index (χ1v) is 7.93. The van der Waals surface area contributed by atoms with E-state index in [1.54, 1.807) is 4.90 Å². The molecule has 0 spiro atoms. The molecule has 0 radical (unpaired) electrons. The van der Waals surface area contributed by atoms with Crippen LogP contribution in [0.2, 0.25) is 0 Å². The summed E-state index contributed by atoms with van der Waals surface area (Å²) in [5.41, 5.74) is 1.42. The number of hydrogen-bond acceptors (Lipinski definition) is 3. The molecule has 24 heavy (non-hydrogen) atoms. The van der Waals surface area contributed by atoms with Crippen LogP contribution in [0.4, 0.5) is 0 Å². The average molecular weight is 328 g/mol. The van der Waals surface area contributed by atoms with Crippen molar-refractivity contribution in [2.45, 2.75) is 25.9 Å². The topological polar surface area (TPSA) is 98.1 Å². The molecule has 2 heterocycles. The number of benzene rings is 1. The highest BCUT2D eigenvalue weighted by molar-refractivity contribution is 5.89. The first kappa shape index (κ1) is 16.0. The van der Waals surface area contributed by atoms with Gasteiger partial charge in [-0.3, -0.25) is 19.5 Å². The summed E-state index contributed by atoms with van der Waals surface area (Å²) in [5.74, 6) is -0.552. The number of likely N-dealkylation sites (tertiary alicyclic amines) is 1. The van der Waals surface area contributed by atoms with Gasteiger partial charge >= 0.3 is 0 Å². The van der Waals surface area contributed by atoms with Gasteiger partial charge in [0, 0.05) is 19.0 Å². The van der Waals surface area contributed by atoms with E-state index in [-0.39, 0.29) is 42.3 Å². The maximum Gasteiger partial charge on any atom is 0.264 e. The lowest BCUT2D eigenvalue weighted by Crippen LogP contribution is -2.33. The van der Waals surface area contributed by atoms with E-state index in [4.69, 9.17) is 0 Å². The molecule has 2 unspecified atom stereocenters. The van der Waals surface area contributed by atoms with Crippen molar-refractivity contribution in [3.63, 3.8) is 0 Å². The van der Waals surface area contributed by atoms with E-state index in [0.717, 1.165) is 5.56 Å². The van der Waals surface area contributed by atoms with Gasteiger partial charge in [0.25, 0.3) is 5.56 Å². The Morgan fingerprint density at radius 2 is 2.04 bits per heavy atom. The van der Waals surface area contributed by atoms with E-state index >= 15 is 0 Å². The minimum Gasteiger partial charge on any atom is -0.350 e. The summed E-state index contributed by atoms with van der Waals surface area (Å²) in [6.07, 6.45) is 0.215. The molecule has 3 N–H and O–H groups in total. The Morgan fingerprint density at radius 1 is 1.29 bits per heavy atom. The Bertz CT molecular complexity index is 780. The second-order valence-corrected chi connectivity index (χ2v) is 6.04. The molecule has 0 aliphatic carbocycles. The SMILES string of the molecule is CC(c1ccccc1)N1CC(C(=O)NCc2cc(=O)[nH][nH]2)CC1=O. The minimum absolute atomic E-state index is 0.0124. The van der Waals surface area contributed by atoms with Gasteiger partial charge in [-0.1, -0.05) is 30.3 Å². The quantitative estimate of drug-likeness (QED) is 0.761. The molecule has 1 aliphatic heterocycles. The minimum atomic E-state index is -0.366. The van der Waals surface area contributed by atoms with Crippen LogP contribution in [0.25, 0.3) is 0 Å². The van der Waals surface area contributed by atoms with Gasteiger partial charge < -0.3 is 15.3 Å². The number of amides is 2. The van der Waals surface area contributed by atoms with Crippen LogP contribution in [0.1, 0.15) is 30.6 Å². The van der Waals surface area contributed by atoms with Crippen LogP contribution in [0.3, 0.4) is 0 Å². The second-order valence-electron chi connectivity index (χ2n) is 6.04. The fraction of sp³-hybridized carbons (Fsp3) is 0.353. The third-order valence-corrected chi connectivity index (χ3v) is 4.38. The number of carbonyl (C=O) groups excluding carboxylic acids is 2. The third-order valence-electron chi connectivity index (χ3n) is 4.38. The standard InChI is InChI=1S/C17H20N4O3/c1-11(12-5-3-2-4-6-12)21-10-13(7-16(21)23)17(24)18-9-14-8-15(22)20-19-14/h2-6,8,11,13H,7,9-10H2,1H3,(H,18,24)(H2,19,20,22). The monoisotopic (exact) mass is 328 g/mol. The van der Waals surface area contributed by atoms with Crippen molar-refractivity contribution in [3.05, 3.63) is 58.0 Å². The summed E-state index contributed by atoms with van der Waals surface area (Å²) < 4.78 is 0. The molecule has 3 rings (SSSR count). The van der Waals surface area contributed by atoms with E-state index in [1.807, 2.05) is 37.3 Å². The molecule has 1 aromatic carbocycles. The van der Waals surface area contributed by atoms with Crippen molar-refractivity contribution in [1.29, 1.82) is 0 Å². The van der Waals surface area contributed by atoms with E-state index in [0.29, 0.717) is 12.2 Å². The van der Waals surface area contributed by atoms with Crippen LogP contribution in [0, 0.1) is 5.92 Å². The highest BCUT2D eigenvalue weighted by Crippen LogP contribution is 2.28. The summed E-state index contributed by atoms with van der Waals surface area (Å²) in [5, 5.41) is 7.86. The number of aromatic nitrogens is 2. The summed E-state index contributed by atoms with van der Waals surface area (Å²) >= 11 is 0. The molecule has 7 heteroatoms. The van der Waals surface area contributed by atoms with Gasteiger partial charge in [0.2, 0.25) is 11.8 Å². The lowest BCUT2D eigenvalue weighted by molar-refractivity contribution is -0.130. The zero-order valence-electron chi connectivity index (χ0n) is 13.4. The van der Waals surface area contributed by atoms with Crippen LogP contribution < -0.4 is 10.9 Å². The van der Waals surface area contributed by atoms with Gasteiger partial charge in [-0.2, -0.15) is 0 Å². The van der Waals surface area contributed by atoms with Gasteiger partial charge in [-0.25, -0.2) is 0 Å². The Morgan fingerprint density at radius 3 is 2.71 bits per heavy atom. The van der Waals surface area contributed by atoms with Crippen LogP contribution >= 0.6 is 0 Å². The molecule has 126 valence electrons. The van der Waals surface area contributed by atoms with Gasteiger partial charge in [0.1, 0.15) is 0 Å². The summed E-state index contributed by atoms with van der Waals surface area (Å²) in [4.78, 5) is 37.3.